The number of hydrogen-bond acceptors (Lipinski definition) is 4. The average molecular weight is 284 g/mol. The summed E-state index contributed by atoms with van der Waals surface area (Å²) in [5.74, 6) is 0.609. The molecule has 0 fully saturated rings. The number of aromatic nitrogens is 1. The topological polar surface area (TPSA) is 42.4 Å². The van der Waals surface area contributed by atoms with Crippen LogP contribution in [0.2, 0.25) is 5.02 Å². The maximum atomic E-state index is 10.1. The Hall–Kier alpha value is -1.10. The van der Waals surface area contributed by atoms with Gasteiger partial charge in [0.2, 0.25) is 0 Å². The van der Waals surface area contributed by atoms with Gasteiger partial charge in [0.05, 0.1) is 23.2 Å². The Labute approximate surface area is 115 Å². The molecule has 2 rings (SSSR count). The van der Waals surface area contributed by atoms with E-state index in [2.05, 4.69) is 4.98 Å². The molecule has 1 aromatic heterocycles. The molecule has 0 saturated heterocycles. The van der Waals surface area contributed by atoms with E-state index in [0.29, 0.717) is 17.2 Å². The molecule has 0 aliphatic rings. The second-order valence-electron chi connectivity index (χ2n) is 4.00. The molecule has 5 heteroatoms. The third kappa shape index (κ3) is 3.02. The largest absolute Gasteiger partial charge is 0.495 e. The zero-order chi connectivity index (χ0) is 13.1. The summed E-state index contributed by atoms with van der Waals surface area (Å²) >= 11 is 7.59. The van der Waals surface area contributed by atoms with Crippen LogP contribution >= 0.6 is 22.9 Å². The number of nitrogens with zero attached hydrogens (tertiary/aromatic N) is 1. The Bertz CT molecular complexity index is 542. The van der Waals surface area contributed by atoms with Crippen molar-refractivity contribution >= 4 is 22.9 Å². The summed E-state index contributed by atoms with van der Waals surface area (Å²) in [4.78, 5) is 4.33. The highest BCUT2D eigenvalue weighted by molar-refractivity contribution is 7.09. The number of ether oxygens (including phenoxy) is 1. The molecule has 1 unspecified atom stereocenters. The molecule has 1 atom stereocenters. The molecule has 0 radical (unpaired) electrons. The zero-order valence-electron chi connectivity index (χ0n) is 10.2. The summed E-state index contributed by atoms with van der Waals surface area (Å²) in [6.07, 6.45) is -0.0970. The molecule has 1 aromatic carbocycles. The van der Waals surface area contributed by atoms with Gasteiger partial charge in [0.15, 0.2) is 0 Å². The average Bonchev–Trinajstić information content (AvgIpc) is 2.74. The summed E-state index contributed by atoms with van der Waals surface area (Å²) in [7, 11) is 1.57. The molecule has 0 bridgehead atoms. The van der Waals surface area contributed by atoms with Crippen molar-refractivity contribution in [2.45, 2.75) is 19.4 Å². The standard InChI is InChI=1S/C13H14ClNO2S/c1-8-7-18-13(15-8)6-11(16)9-3-4-12(17-2)10(14)5-9/h3-5,7,11,16H,6H2,1-2H3. The lowest BCUT2D eigenvalue weighted by Crippen LogP contribution is -2.02. The Kier molecular flexibility index (Phi) is 4.22. The van der Waals surface area contributed by atoms with Crippen LogP contribution in [0.15, 0.2) is 23.6 Å². The van der Waals surface area contributed by atoms with Gasteiger partial charge in [-0.05, 0) is 24.6 Å². The van der Waals surface area contributed by atoms with E-state index in [1.807, 2.05) is 18.4 Å². The Morgan fingerprint density at radius 2 is 2.28 bits per heavy atom. The van der Waals surface area contributed by atoms with Gasteiger partial charge in [0, 0.05) is 17.5 Å². The minimum absolute atomic E-state index is 0.501. The molecule has 0 amide bonds. The second kappa shape index (κ2) is 5.69. The SMILES string of the molecule is COc1ccc(C(O)Cc2nc(C)cs2)cc1Cl. The normalized spacial score (nSPS) is 12.4. The van der Waals surface area contributed by atoms with Crippen LogP contribution in [0.25, 0.3) is 0 Å². The van der Waals surface area contributed by atoms with Crippen LogP contribution in [0.4, 0.5) is 0 Å². The summed E-state index contributed by atoms with van der Waals surface area (Å²) < 4.78 is 5.08. The Morgan fingerprint density at radius 3 is 2.83 bits per heavy atom. The highest BCUT2D eigenvalue weighted by Crippen LogP contribution is 2.29. The molecule has 0 saturated carbocycles. The van der Waals surface area contributed by atoms with Gasteiger partial charge >= 0.3 is 0 Å². The van der Waals surface area contributed by atoms with E-state index < -0.39 is 6.10 Å². The number of benzene rings is 1. The second-order valence-corrected chi connectivity index (χ2v) is 5.35. The van der Waals surface area contributed by atoms with E-state index in [9.17, 15) is 5.11 Å². The van der Waals surface area contributed by atoms with Crippen LogP contribution < -0.4 is 4.74 Å². The first-order chi connectivity index (χ1) is 8.60. The number of hydrogen-bond donors (Lipinski definition) is 1. The molecular weight excluding hydrogens is 270 g/mol. The van der Waals surface area contributed by atoms with Crippen molar-refractivity contribution in [2.75, 3.05) is 7.11 Å². The van der Waals surface area contributed by atoms with Crippen molar-refractivity contribution < 1.29 is 9.84 Å². The molecule has 3 nitrogen and oxygen atoms in total. The lowest BCUT2D eigenvalue weighted by Gasteiger charge is -2.11. The van der Waals surface area contributed by atoms with Crippen molar-refractivity contribution in [1.82, 2.24) is 4.98 Å². The van der Waals surface area contributed by atoms with Crippen LogP contribution in [0.3, 0.4) is 0 Å². The van der Waals surface area contributed by atoms with E-state index >= 15 is 0 Å². The first kappa shape index (κ1) is 13.3. The molecule has 96 valence electrons. The predicted octanol–water partition coefficient (Wildman–Crippen LogP) is 3.39. The van der Waals surface area contributed by atoms with Crippen LogP contribution in [-0.4, -0.2) is 17.2 Å². The Balaban J connectivity index is 2.13. The highest BCUT2D eigenvalue weighted by atomic mass is 35.5. The molecule has 18 heavy (non-hydrogen) atoms. The maximum absolute atomic E-state index is 10.1. The van der Waals surface area contributed by atoms with E-state index in [1.54, 1.807) is 30.6 Å². The van der Waals surface area contributed by atoms with Gasteiger partial charge in [-0.1, -0.05) is 17.7 Å². The van der Waals surface area contributed by atoms with Gasteiger partial charge in [0.1, 0.15) is 5.75 Å². The number of thiazole rings is 1. The van der Waals surface area contributed by atoms with Gasteiger partial charge in [-0.3, -0.25) is 0 Å². The van der Waals surface area contributed by atoms with Crippen LogP contribution in [-0.2, 0) is 6.42 Å². The first-order valence-electron chi connectivity index (χ1n) is 5.52. The van der Waals surface area contributed by atoms with Gasteiger partial charge in [0.25, 0.3) is 0 Å². The minimum Gasteiger partial charge on any atom is -0.495 e. The number of rotatable bonds is 4. The number of aryl methyl sites for hydroxylation is 1. The van der Waals surface area contributed by atoms with Gasteiger partial charge < -0.3 is 9.84 Å². The predicted molar refractivity (Wildman–Crippen MR) is 73.5 cm³/mol. The first-order valence-corrected chi connectivity index (χ1v) is 6.78. The van der Waals surface area contributed by atoms with E-state index in [4.69, 9.17) is 16.3 Å². The summed E-state index contributed by atoms with van der Waals surface area (Å²) in [6, 6.07) is 5.30. The van der Waals surface area contributed by atoms with E-state index in [-0.39, 0.29) is 0 Å². The third-order valence-corrected chi connectivity index (χ3v) is 3.88. The fourth-order valence-electron chi connectivity index (χ4n) is 1.67. The van der Waals surface area contributed by atoms with Gasteiger partial charge in [-0.2, -0.15) is 0 Å². The van der Waals surface area contributed by atoms with Gasteiger partial charge in [-0.25, -0.2) is 4.98 Å². The number of halogens is 1. The fourth-order valence-corrected chi connectivity index (χ4v) is 2.75. The molecule has 0 aliphatic heterocycles. The number of aliphatic hydroxyl groups excluding tert-OH is 1. The fraction of sp³-hybridized carbons (Fsp3) is 0.308. The third-order valence-electron chi connectivity index (χ3n) is 2.60. The lowest BCUT2D eigenvalue weighted by molar-refractivity contribution is 0.178. The van der Waals surface area contributed by atoms with Crippen molar-refractivity contribution in [3.63, 3.8) is 0 Å². The molecule has 1 heterocycles. The zero-order valence-corrected chi connectivity index (χ0v) is 11.8. The quantitative estimate of drug-likeness (QED) is 0.935. The smallest absolute Gasteiger partial charge is 0.137 e. The van der Waals surface area contributed by atoms with Crippen LogP contribution in [0.1, 0.15) is 22.4 Å². The molecular formula is C13H14ClNO2S. The Morgan fingerprint density at radius 1 is 1.50 bits per heavy atom. The van der Waals surface area contributed by atoms with E-state index in [0.717, 1.165) is 16.3 Å². The van der Waals surface area contributed by atoms with Crippen molar-refractivity contribution in [3.8, 4) is 5.75 Å². The summed E-state index contributed by atoms with van der Waals surface area (Å²) in [6.45, 7) is 1.94. The number of aliphatic hydroxyl groups is 1. The van der Waals surface area contributed by atoms with Crippen LogP contribution in [0.5, 0.6) is 5.75 Å². The van der Waals surface area contributed by atoms with Crippen LogP contribution in [0, 0.1) is 6.92 Å². The van der Waals surface area contributed by atoms with Gasteiger partial charge in [-0.15, -0.1) is 11.3 Å². The highest BCUT2D eigenvalue weighted by Gasteiger charge is 2.13. The maximum Gasteiger partial charge on any atom is 0.137 e. The lowest BCUT2D eigenvalue weighted by atomic mass is 10.1. The molecule has 0 aliphatic carbocycles. The number of methoxy groups -OCH3 is 1. The molecule has 0 spiro atoms. The van der Waals surface area contributed by atoms with Crippen molar-refractivity contribution in [1.29, 1.82) is 0 Å². The summed E-state index contributed by atoms with van der Waals surface area (Å²) in [5, 5.41) is 13.5. The summed E-state index contributed by atoms with van der Waals surface area (Å²) in [5.41, 5.74) is 1.75. The minimum atomic E-state index is -0.598. The molecule has 1 N–H and O–H groups in total. The monoisotopic (exact) mass is 283 g/mol. The van der Waals surface area contributed by atoms with E-state index in [1.165, 1.54) is 0 Å². The molecule has 2 aromatic rings. The van der Waals surface area contributed by atoms with Crippen molar-refractivity contribution in [2.24, 2.45) is 0 Å². The van der Waals surface area contributed by atoms with Crippen molar-refractivity contribution in [3.05, 3.63) is 44.9 Å².